The summed E-state index contributed by atoms with van der Waals surface area (Å²) < 4.78 is 0. The van der Waals surface area contributed by atoms with E-state index in [1.807, 2.05) is 0 Å². The first kappa shape index (κ1) is 23.9. The van der Waals surface area contributed by atoms with Gasteiger partial charge in [0.05, 0.1) is 0 Å². The SMILES string of the molecule is CCNC(=NCC1CCN(Cc2ccc(C)cc2)CC1)NC1CCC(=O)NC1.I. The average molecular weight is 513 g/mol. The first-order valence-electron chi connectivity index (χ1n) is 10.7. The summed E-state index contributed by atoms with van der Waals surface area (Å²) in [6, 6.07) is 9.15. The number of carbonyl (C=O) groups is 1. The van der Waals surface area contributed by atoms with Gasteiger partial charge in [-0.25, -0.2) is 0 Å². The van der Waals surface area contributed by atoms with E-state index in [1.165, 1.54) is 24.0 Å². The van der Waals surface area contributed by atoms with E-state index in [-0.39, 0.29) is 35.9 Å². The van der Waals surface area contributed by atoms with Crippen molar-refractivity contribution in [2.24, 2.45) is 10.9 Å². The Kier molecular flexibility index (Phi) is 10.2. The number of aliphatic imine (C=N–C) groups is 1. The van der Waals surface area contributed by atoms with Crippen LogP contribution in [0.25, 0.3) is 0 Å². The second kappa shape index (κ2) is 12.4. The van der Waals surface area contributed by atoms with Crippen LogP contribution >= 0.6 is 24.0 Å². The molecule has 3 rings (SSSR count). The number of halogens is 1. The van der Waals surface area contributed by atoms with Crippen LogP contribution in [0.2, 0.25) is 0 Å². The molecule has 0 radical (unpaired) electrons. The number of piperidine rings is 2. The van der Waals surface area contributed by atoms with Gasteiger partial charge in [-0.3, -0.25) is 14.7 Å². The monoisotopic (exact) mass is 513 g/mol. The number of hydrogen-bond donors (Lipinski definition) is 3. The summed E-state index contributed by atoms with van der Waals surface area (Å²) in [4.78, 5) is 18.7. The molecule has 7 heteroatoms. The Labute approximate surface area is 192 Å². The molecule has 0 bridgehead atoms. The molecular formula is C22H36IN5O. The molecule has 0 aliphatic carbocycles. The van der Waals surface area contributed by atoms with Crippen LogP contribution in [0.5, 0.6) is 0 Å². The number of nitrogens with zero attached hydrogens (tertiary/aromatic N) is 2. The Morgan fingerprint density at radius 1 is 1.21 bits per heavy atom. The van der Waals surface area contributed by atoms with Gasteiger partial charge in [0, 0.05) is 38.6 Å². The number of aryl methyl sites for hydroxylation is 1. The molecule has 2 aliphatic rings. The Hall–Kier alpha value is -1.35. The van der Waals surface area contributed by atoms with Crippen LogP contribution in [-0.4, -0.2) is 55.5 Å². The van der Waals surface area contributed by atoms with Gasteiger partial charge in [-0.1, -0.05) is 29.8 Å². The highest BCUT2D eigenvalue weighted by Crippen LogP contribution is 2.19. The second-order valence-corrected chi connectivity index (χ2v) is 8.11. The third-order valence-corrected chi connectivity index (χ3v) is 5.69. The molecule has 2 fully saturated rings. The molecule has 2 saturated heterocycles. The smallest absolute Gasteiger partial charge is 0.220 e. The minimum atomic E-state index is 0. The maximum absolute atomic E-state index is 11.3. The highest BCUT2D eigenvalue weighted by molar-refractivity contribution is 14.0. The molecule has 3 N–H and O–H groups in total. The second-order valence-electron chi connectivity index (χ2n) is 8.11. The predicted octanol–water partition coefficient (Wildman–Crippen LogP) is 2.66. The summed E-state index contributed by atoms with van der Waals surface area (Å²) in [5, 5.41) is 9.74. The number of guanidine groups is 1. The van der Waals surface area contributed by atoms with Crippen molar-refractivity contribution >= 4 is 35.8 Å². The number of nitrogens with one attached hydrogen (secondary N) is 3. The number of rotatable bonds is 6. The summed E-state index contributed by atoms with van der Waals surface area (Å²) >= 11 is 0. The minimum Gasteiger partial charge on any atom is -0.357 e. The van der Waals surface area contributed by atoms with Gasteiger partial charge in [-0.2, -0.15) is 0 Å². The summed E-state index contributed by atoms with van der Waals surface area (Å²) in [5.74, 6) is 1.68. The lowest BCUT2D eigenvalue weighted by Crippen LogP contribution is -2.51. The minimum absolute atomic E-state index is 0. The van der Waals surface area contributed by atoms with E-state index >= 15 is 0 Å². The topological polar surface area (TPSA) is 68.8 Å². The zero-order valence-corrected chi connectivity index (χ0v) is 20.1. The first-order chi connectivity index (χ1) is 13.6. The number of amides is 1. The van der Waals surface area contributed by atoms with Crippen molar-refractivity contribution in [3.63, 3.8) is 0 Å². The van der Waals surface area contributed by atoms with Crippen molar-refractivity contribution in [2.45, 2.75) is 52.1 Å². The summed E-state index contributed by atoms with van der Waals surface area (Å²) in [6.07, 6.45) is 3.87. The number of hydrogen-bond acceptors (Lipinski definition) is 3. The lowest BCUT2D eigenvalue weighted by Gasteiger charge is -2.31. The first-order valence-corrected chi connectivity index (χ1v) is 10.7. The maximum atomic E-state index is 11.3. The Balaban J connectivity index is 0.00000300. The fourth-order valence-electron chi connectivity index (χ4n) is 3.87. The van der Waals surface area contributed by atoms with E-state index < -0.39 is 0 Å². The van der Waals surface area contributed by atoms with Gasteiger partial charge in [0.25, 0.3) is 0 Å². The molecule has 162 valence electrons. The van der Waals surface area contributed by atoms with Gasteiger partial charge in [0.2, 0.25) is 5.91 Å². The molecule has 1 aromatic rings. The number of carbonyl (C=O) groups excluding carboxylic acids is 1. The van der Waals surface area contributed by atoms with Gasteiger partial charge in [-0.15, -0.1) is 24.0 Å². The number of likely N-dealkylation sites (tertiary alicyclic amines) is 1. The van der Waals surface area contributed by atoms with Crippen LogP contribution < -0.4 is 16.0 Å². The van der Waals surface area contributed by atoms with Crippen LogP contribution in [0, 0.1) is 12.8 Å². The molecule has 6 nitrogen and oxygen atoms in total. The normalized spacial score (nSPS) is 21.2. The maximum Gasteiger partial charge on any atom is 0.220 e. The molecule has 1 amide bonds. The molecule has 1 unspecified atom stereocenters. The van der Waals surface area contributed by atoms with Crippen molar-refractivity contribution in [1.29, 1.82) is 0 Å². The molecule has 2 aliphatic heterocycles. The van der Waals surface area contributed by atoms with Crippen LogP contribution in [-0.2, 0) is 11.3 Å². The summed E-state index contributed by atoms with van der Waals surface area (Å²) in [7, 11) is 0. The summed E-state index contributed by atoms with van der Waals surface area (Å²) in [5.41, 5.74) is 2.72. The molecule has 0 aromatic heterocycles. The fraction of sp³-hybridized carbons (Fsp3) is 0.636. The third-order valence-electron chi connectivity index (χ3n) is 5.69. The van der Waals surface area contributed by atoms with Crippen LogP contribution in [0.1, 0.15) is 43.7 Å². The highest BCUT2D eigenvalue weighted by Gasteiger charge is 2.21. The van der Waals surface area contributed by atoms with Crippen molar-refractivity contribution in [2.75, 3.05) is 32.7 Å². The highest BCUT2D eigenvalue weighted by atomic mass is 127. The van der Waals surface area contributed by atoms with Gasteiger partial charge in [-0.05, 0) is 57.7 Å². The Morgan fingerprint density at radius 2 is 1.93 bits per heavy atom. The Morgan fingerprint density at radius 3 is 2.55 bits per heavy atom. The van der Waals surface area contributed by atoms with Crippen molar-refractivity contribution in [3.05, 3.63) is 35.4 Å². The lowest BCUT2D eigenvalue weighted by atomic mass is 9.96. The van der Waals surface area contributed by atoms with E-state index in [0.29, 0.717) is 18.9 Å². The van der Waals surface area contributed by atoms with Crippen molar-refractivity contribution in [1.82, 2.24) is 20.9 Å². The number of benzene rings is 1. The largest absolute Gasteiger partial charge is 0.357 e. The molecule has 29 heavy (non-hydrogen) atoms. The Bertz CT molecular complexity index is 646. The molecule has 1 aromatic carbocycles. The van der Waals surface area contributed by atoms with E-state index in [9.17, 15) is 4.79 Å². The molecule has 0 saturated carbocycles. The van der Waals surface area contributed by atoms with E-state index in [2.05, 4.69) is 59.0 Å². The van der Waals surface area contributed by atoms with Crippen LogP contribution in [0.15, 0.2) is 29.3 Å². The molecular weight excluding hydrogens is 477 g/mol. The summed E-state index contributed by atoms with van der Waals surface area (Å²) in [6.45, 7) is 9.96. The van der Waals surface area contributed by atoms with Crippen molar-refractivity contribution < 1.29 is 4.79 Å². The standard InChI is InChI=1S/C22H35N5O.HI/c1-3-23-22(26-20-8-9-21(28)24-15-20)25-14-18-10-12-27(13-11-18)16-19-6-4-17(2)5-7-19;/h4-7,18,20H,3,8-16H2,1-2H3,(H,24,28)(H2,23,25,26);1H. The van der Waals surface area contributed by atoms with Gasteiger partial charge in [0.15, 0.2) is 5.96 Å². The van der Waals surface area contributed by atoms with Crippen LogP contribution in [0.4, 0.5) is 0 Å². The molecule has 1 atom stereocenters. The van der Waals surface area contributed by atoms with Crippen LogP contribution in [0.3, 0.4) is 0 Å². The van der Waals surface area contributed by atoms with E-state index in [1.54, 1.807) is 0 Å². The van der Waals surface area contributed by atoms with Gasteiger partial charge >= 0.3 is 0 Å². The molecule has 0 spiro atoms. The average Bonchev–Trinajstić information content (AvgIpc) is 2.71. The quantitative estimate of drug-likeness (QED) is 0.311. The predicted molar refractivity (Wildman–Crippen MR) is 130 cm³/mol. The van der Waals surface area contributed by atoms with Gasteiger partial charge in [0.1, 0.15) is 0 Å². The fourth-order valence-corrected chi connectivity index (χ4v) is 3.87. The van der Waals surface area contributed by atoms with Gasteiger partial charge < -0.3 is 16.0 Å². The molecule has 2 heterocycles. The third kappa shape index (κ3) is 8.12. The zero-order chi connectivity index (χ0) is 19.8. The lowest BCUT2D eigenvalue weighted by molar-refractivity contribution is -0.122. The van der Waals surface area contributed by atoms with E-state index in [0.717, 1.165) is 45.1 Å². The zero-order valence-electron chi connectivity index (χ0n) is 17.7. The van der Waals surface area contributed by atoms with E-state index in [4.69, 9.17) is 4.99 Å². The van der Waals surface area contributed by atoms with Crippen molar-refractivity contribution in [3.8, 4) is 0 Å².